The number of carbonyl (C=O) groups is 2. The van der Waals surface area contributed by atoms with Crippen molar-refractivity contribution in [3.05, 3.63) is 35.9 Å². The van der Waals surface area contributed by atoms with Crippen LogP contribution in [0.2, 0.25) is 0 Å². The molecule has 0 aromatic heterocycles. The molecule has 7 heteroatoms. The van der Waals surface area contributed by atoms with Crippen LogP contribution in [-0.2, 0) is 9.53 Å². The Morgan fingerprint density at radius 1 is 1.42 bits per heavy atom. The largest absolute Gasteiger partial charge is 0.443 e. The van der Waals surface area contributed by atoms with Gasteiger partial charge in [-0.15, -0.1) is 0 Å². The highest BCUT2D eigenvalue weighted by atomic mass is 32.2. The Kier molecular flexibility index (Phi) is 4.37. The van der Waals surface area contributed by atoms with Crippen LogP contribution in [0.3, 0.4) is 0 Å². The number of amides is 2. The molecule has 4 atom stereocenters. The number of rotatable bonds is 5. The van der Waals surface area contributed by atoms with Gasteiger partial charge >= 0.3 is 6.09 Å². The van der Waals surface area contributed by atoms with Gasteiger partial charge in [0.05, 0.1) is 24.3 Å². The quantitative estimate of drug-likeness (QED) is 0.807. The standard InChI is InChI=1S/C19H19N3O3S/c1-11(23)21-26-10-15-9-22(19(24)25-15)14-4-2-12(3-5-14)13-6-16-17(7-13)18(16)8-20/h2-6,15-18H,7,9-10H2,1H3,(H,21,23)/t15-,16?,17?,18?/m0/s1. The summed E-state index contributed by atoms with van der Waals surface area (Å²) in [5.74, 6) is 1.56. The first-order valence-corrected chi connectivity index (χ1v) is 9.62. The summed E-state index contributed by atoms with van der Waals surface area (Å²) in [5.41, 5.74) is 3.26. The summed E-state index contributed by atoms with van der Waals surface area (Å²) in [6.45, 7) is 1.92. The molecule has 1 saturated heterocycles. The summed E-state index contributed by atoms with van der Waals surface area (Å²) in [7, 11) is 0. The minimum absolute atomic E-state index is 0.119. The van der Waals surface area contributed by atoms with E-state index in [0.29, 0.717) is 24.1 Å². The summed E-state index contributed by atoms with van der Waals surface area (Å²) in [5, 5.41) is 9.00. The lowest BCUT2D eigenvalue weighted by Crippen LogP contribution is -2.25. The van der Waals surface area contributed by atoms with Gasteiger partial charge in [0.25, 0.3) is 0 Å². The van der Waals surface area contributed by atoms with E-state index in [4.69, 9.17) is 10.00 Å². The van der Waals surface area contributed by atoms with Crippen LogP contribution in [0.5, 0.6) is 0 Å². The SMILES string of the molecule is CC(=O)NSC[C@@H]1CN(c2ccc(C3=CC4C(C#N)C4C3)cc2)C(=O)O1. The van der Waals surface area contributed by atoms with Gasteiger partial charge in [0.15, 0.2) is 0 Å². The first-order chi connectivity index (χ1) is 12.6. The predicted molar refractivity (Wildman–Crippen MR) is 99.0 cm³/mol. The zero-order valence-electron chi connectivity index (χ0n) is 14.3. The number of allylic oxidation sites excluding steroid dienone is 2. The number of anilines is 1. The maximum Gasteiger partial charge on any atom is 0.414 e. The smallest absolute Gasteiger partial charge is 0.414 e. The molecular formula is C19H19N3O3S. The van der Waals surface area contributed by atoms with Crippen LogP contribution in [0.1, 0.15) is 18.9 Å². The molecule has 1 aromatic rings. The van der Waals surface area contributed by atoms with Crippen molar-refractivity contribution in [1.29, 1.82) is 5.26 Å². The van der Waals surface area contributed by atoms with E-state index in [1.807, 2.05) is 24.3 Å². The summed E-state index contributed by atoms with van der Waals surface area (Å²) >= 11 is 1.25. The van der Waals surface area contributed by atoms with Crippen molar-refractivity contribution in [3.63, 3.8) is 0 Å². The van der Waals surface area contributed by atoms with E-state index >= 15 is 0 Å². The first-order valence-electron chi connectivity index (χ1n) is 8.64. The van der Waals surface area contributed by atoms with E-state index < -0.39 is 0 Å². The number of fused-ring (bicyclic) bond motifs is 1. The Balaban J connectivity index is 1.37. The number of nitriles is 1. The molecule has 2 aliphatic carbocycles. The summed E-state index contributed by atoms with van der Waals surface area (Å²) in [6.07, 6.45) is 2.60. The average molecular weight is 369 g/mol. The number of nitrogens with zero attached hydrogens (tertiary/aromatic N) is 2. The van der Waals surface area contributed by atoms with Crippen LogP contribution in [-0.4, -0.2) is 30.4 Å². The summed E-state index contributed by atoms with van der Waals surface area (Å²) < 4.78 is 7.99. The van der Waals surface area contributed by atoms with Crippen LogP contribution in [0.15, 0.2) is 30.3 Å². The molecule has 2 fully saturated rings. The van der Waals surface area contributed by atoms with E-state index in [-0.39, 0.29) is 24.0 Å². The highest BCUT2D eigenvalue weighted by molar-refractivity contribution is 7.97. The topological polar surface area (TPSA) is 82.4 Å². The molecule has 1 aromatic carbocycles. The van der Waals surface area contributed by atoms with E-state index in [0.717, 1.165) is 17.7 Å². The molecule has 1 aliphatic heterocycles. The van der Waals surface area contributed by atoms with Crippen molar-refractivity contribution in [3.8, 4) is 6.07 Å². The molecule has 134 valence electrons. The number of benzene rings is 1. The lowest BCUT2D eigenvalue weighted by atomic mass is 10.0. The molecule has 3 unspecified atom stereocenters. The van der Waals surface area contributed by atoms with Crippen LogP contribution >= 0.6 is 11.9 Å². The van der Waals surface area contributed by atoms with Gasteiger partial charge < -0.3 is 9.46 Å². The minimum Gasteiger partial charge on any atom is -0.443 e. The lowest BCUT2D eigenvalue weighted by Gasteiger charge is -2.14. The molecule has 2 amide bonds. The molecule has 4 rings (SSSR count). The minimum atomic E-state index is -0.357. The van der Waals surface area contributed by atoms with E-state index in [1.165, 1.54) is 24.4 Å². The average Bonchev–Trinajstić information content (AvgIpc) is 2.94. The Labute approximate surface area is 156 Å². The van der Waals surface area contributed by atoms with Gasteiger partial charge in [-0.25, -0.2) is 4.79 Å². The normalized spacial score (nSPS) is 28.8. The predicted octanol–water partition coefficient (Wildman–Crippen LogP) is 2.97. The molecule has 0 bridgehead atoms. The molecule has 3 aliphatic rings. The second-order valence-electron chi connectivity index (χ2n) is 6.92. The highest BCUT2D eigenvalue weighted by Gasteiger charge is 2.52. The Bertz CT molecular complexity index is 814. The fourth-order valence-corrected chi connectivity index (χ4v) is 4.40. The van der Waals surface area contributed by atoms with Crippen molar-refractivity contribution in [2.75, 3.05) is 17.2 Å². The highest BCUT2D eigenvalue weighted by Crippen LogP contribution is 2.57. The third-order valence-electron chi connectivity index (χ3n) is 5.14. The molecule has 1 saturated carbocycles. The molecule has 26 heavy (non-hydrogen) atoms. The van der Waals surface area contributed by atoms with Crippen LogP contribution in [0.25, 0.3) is 5.57 Å². The van der Waals surface area contributed by atoms with Gasteiger partial charge in [-0.3, -0.25) is 9.69 Å². The third kappa shape index (κ3) is 3.17. The zero-order chi connectivity index (χ0) is 18.3. The second-order valence-corrected chi connectivity index (χ2v) is 7.75. The molecule has 1 N–H and O–H groups in total. The van der Waals surface area contributed by atoms with E-state index in [1.54, 1.807) is 4.90 Å². The Hall–Kier alpha value is -2.46. The van der Waals surface area contributed by atoms with Crippen molar-refractivity contribution in [1.82, 2.24) is 4.72 Å². The number of hydrogen-bond donors (Lipinski definition) is 1. The summed E-state index contributed by atoms with van der Waals surface area (Å²) in [4.78, 5) is 24.6. The fraction of sp³-hybridized carbons (Fsp3) is 0.421. The molecule has 0 spiro atoms. The van der Waals surface area contributed by atoms with Crippen LogP contribution in [0.4, 0.5) is 10.5 Å². The summed E-state index contributed by atoms with van der Waals surface area (Å²) in [6, 6.07) is 10.3. The molecular weight excluding hydrogens is 350 g/mol. The molecule has 0 radical (unpaired) electrons. The van der Waals surface area contributed by atoms with Gasteiger partial charge in [0.1, 0.15) is 6.10 Å². The van der Waals surface area contributed by atoms with Crippen LogP contribution in [0, 0.1) is 29.1 Å². The van der Waals surface area contributed by atoms with Crippen LogP contribution < -0.4 is 9.62 Å². The molecule has 1 heterocycles. The van der Waals surface area contributed by atoms with Crippen molar-refractivity contribution >= 4 is 35.2 Å². The van der Waals surface area contributed by atoms with Crippen molar-refractivity contribution in [2.24, 2.45) is 17.8 Å². The second kappa shape index (κ2) is 6.69. The number of cyclic esters (lactones) is 1. The van der Waals surface area contributed by atoms with Gasteiger partial charge in [0, 0.05) is 12.6 Å². The van der Waals surface area contributed by atoms with Gasteiger partial charge in [0.2, 0.25) is 5.91 Å². The number of hydrogen-bond acceptors (Lipinski definition) is 5. The lowest BCUT2D eigenvalue weighted by molar-refractivity contribution is -0.117. The Morgan fingerprint density at radius 3 is 2.81 bits per heavy atom. The van der Waals surface area contributed by atoms with Crippen molar-refractivity contribution < 1.29 is 14.3 Å². The molecule has 6 nitrogen and oxygen atoms in total. The number of nitrogens with one attached hydrogen (secondary N) is 1. The Morgan fingerprint density at radius 2 is 2.19 bits per heavy atom. The van der Waals surface area contributed by atoms with Gasteiger partial charge in [-0.05, 0) is 53.5 Å². The zero-order valence-corrected chi connectivity index (χ0v) is 15.2. The maximum absolute atomic E-state index is 12.1. The maximum atomic E-state index is 12.1. The van der Waals surface area contributed by atoms with E-state index in [9.17, 15) is 9.59 Å². The number of carbonyl (C=O) groups excluding carboxylic acids is 2. The van der Waals surface area contributed by atoms with Gasteiger partial charge in [-0.2, -0.15) is 5.26 Å². The van der Waals surface area contributed by atoms with Crippen molar-refractivity contribution in [2.45, 2.75) is 19.4 Å². The third-order valence-corrected chi connectivity index (χ3v) is 6.11. The first kappa shape index (κ1) is 17.0. The van der Waals surface area contributed by atoms with E-state index in [2.05, 4.69) is 16.9 Å². The fourth-order valence-electron chi connectivity index (χ4n) is 3.75. The monoisotopic (exact) mass is 369 g/mol. The van der Waals surface area contributed by atoms with Gasteiger partial charge in [-0.1, -0.05) is 18.2 Å². The number of ether oxygens (including phenoxy) is 1.